The molecule has 2 aromatic rings. The molecule has 0 saturated carbocycles. The number of hydrogen-bond donors (Lipinski definition) is 2. The third-order valence-electron chi connectivity index (χ3n) is 3.22. The molecule has 0 saturated heterocycles. The van der Waals surface area contributed by atoms with Gasteiger partial charge in [0.15, 0.2) is 6.61 Å². The van der Waals surface area contributed by atoms with E-state index < -0.39 is 35.9 Å². The first-order valence-electron chi connectivity index (χ1n) is 7.59. The maximum Gasteiger partial charge on any atom is 0.325 e. The van der Waals surface area contributed by atoms with Crippen molar-refractivity contribution in [2.45, 2.75) is 0 Å². The Hall–Kier alpha value is -3.46. The number of ether oxygens (including phenoxy) is 1. The monoisotopic (exact) mass is 391 g/mol. The first-order valence-corrected chi connectivity index (χ1v) is 7.97. The number of nitro groups is 1. The van der Waals surface area contributed by atoms with Crippen molar-refractivity contribution < 1.29 is 24.0 Å². The van der Waals surface area contributed by atoms with Crippen LogP contribution in [0.15, 0.2) is 48.5 Å². The van der Waals surface area contributed by atoms with Crippen LogP contribution in [-0.4, -0.2) is 35.9 Å². The predicted octanol–water partition coefficient (Wildman–Crippen LogP) is 2.16. The van der Waals surface area contributed by atoms with Crippen LogP contribution >= 0.6 is 11.6 Å². The van der Waals surface area contributed by atoms with Gasteiger partial charge in [-0.2, -0.15) is 0 Å². The van der Waals surface area contributed by atoms with Gasteiger partial charge < -0.3 is 15.4 Å². The highest BCUT2D eigenvalue weighted by Gasteiger charge is 2.17. The van der Waals surface area contributed by atoms with Crippen LogP contribution < -0.4 is 10.6 Å². The van der Waals surface area contributed by atoms with E-state index in [1.807, 2.05) is 0 Å². The van der Waals surface area contributed by atoms with Crippen molar-refractivity contribution in [1.82, 2.24) is 5.32 Å². The van der Waals surface area contributed by atoms with E-state index in [-0.39, 0.29) is 16.4 Å². The van der Waals surface area contributed by atoms with E-state index in [0.29, 0.717) is 5.56 Å². The predicted molar refractivity (Wildman–Crippen MR) is 96.5 cm³/mol. The fourth-order valence-corrected chi connectivity index (χ4v) is 2.17. The molecular formula is C17H14ClN3O6. The number of halogens is 1. The number of nitrogens with zero attached hydrogens (tertiary/aromatic N) is 1. The van der Waals surface area contributed by atoms with E-state index >= 15 is 0 Å². The van der Waals surface area contributed by atoms with E-state index in [4.69, 9.17) is 16.3 Å². The minimum absolute atomic E-state index is 0.120. The second-order valence-electron chi connectivity index (χ2n) is 5.18. The number of nitrogens with one attached hydrogen (secondary N) is 2. The second kappa shape index (κ2) is 9.30. The summed E-state index contributed by atoms with van der Waals surface area (Å²) in [5.74, 6) is -2.09. The van der Waals surface area contributed by atoms with Gasteiger partial charge in [-0.3, -0.25) is 24.5 Å². The molecular weight excluding hydrogens is 378 g/mol. The van der Waals surface area contributed by atoms with Crippen molar-refractivity contribution in [3.63, 3.8) is 0 Å². The van der Waals surface area contributed by atoms with E-state index in [1.165, 1.54) is 12.1 Å². The van der Waals surface area contributed by atoms with Gasteiger partial charge in [-0.1, -0.05) is 29.8 Å². The zero-order chi connectivity index (χ0) is 19.8. The van der Waals surface area contributed by atoms with Gasteiger partial charge in [-0.15, -0.1) is 0 Å². The molecule has 0 unspecified atom stereocenters. The quantitative estimate of drug-likeness (QED) is 0.423. The van der Waals surface area contributed by atoms with Gasteiger partial charge in [0.05, 0.1) is 4.92 Å². The molecule has 140 valence electrons. The van der Waals surface area contributed by atoms with Crippen molar-refractivity contribution in [3.05, 3.63) is 69.2 Å². The summed E-state index contributed by atoms with van der Waals surface area (Å²) in [5.41, 5.74) is -0.101. The van der Waals surface area contributed by atoms with Crippen LogP contribution in [0.3, 0.4) is 0 Å². The molecule has 2 aromatic carbocycles. The van der Waals surface area contributed by atoms with Gasteiger partial charge >= 0.3 is 5.97 Å². The summed E-state index contributed by atoms with van der Waals surface area (Å²) < 4.78 is 4.72. The smallest absolute Gasteiger partial charge is 0.325 e. The third-order valence-corrected chi connectivity index (χ3v) is 3.46. The number of esters is 1. The number of anilines is 1. The van der Waals surface area contributed by atoms with Crippen LogP contribution in [0, 0.1) is 10.1 Å². The summed E-state index contributed by atoms with van der Waals surface area (Å²) in [4.78, 5) is 45.5. The zero-order valence-corrected chi connectivity index (χ0v) is 14.6. The molecule has 0 aromatic heterocycles. The highest BCUT2D eigenvalue weighted by Crippen LogP contribution is 2.27. The molecule has 27 heavy (non-hydrogen) atoms. The molecule has 0 aliphatic heterocycles. The number of benzene rings is 2. The summed E-state index contributed by atoms with van der Waals surface area (Å²) in [7, 11) is 0. The van der Waals surface area contributed by atoms with Crippen molar-refractivity contribution in [1.29, 1.82) is 0 Å². The first-order chi connectivity index (χ1) is 12.9. The number of nitro benzene ring substituents is 1. The Labute approximate surface area is 158 Å². The van der Waals surface area contributed by atoms with Crippen molar-refractivity contribution in [3.8, 4) is 0 Å². The number of hydrogen-bond acceptors (Lipinski definition) is 6. The Morgan fingerprint density at radius 2 is 1.81 bits per heavy atom. The van der Waals surface area contributed by atoms with Crippen LogP contribution in [0.2, 0.25) is 5.02 Å². The highest BCUT2D eigenvalue weighted by atomic mass is 35.5. The van der Waals surface area contributed by atoms with Crippen molar-refractivity contribution in [2.24, 2.45) is 0 Å². The molecule has 0 heterocycles. The molecule has 2 N–H and O–H groups in total. The normalized spacial score (nSPS) is 9.96. The molecule has 0 bridgehead atoms. The Morgan fingerprint density at radius 3 is 2.48 bits per heavy atom. The van der Waals surface area contributed by atoms with Crippen LogP contribution in [-0.2, 0) is 14.3 Å². The molecule has 2 rings (SSSR count). The standard InChI is InChI=1S/C17H14ClN3O6/c18-12-6-7-14(21(25)26)13(8-12)20-15(22)10-27-16(23)9-19-17(24)11-4-2-1-3-5-11/h1-8H,9-10H2,(H,19,24)(H,20,22). The lowest BCUT2D eigenvalue weighted by Crippen LogP contribution is -2.32. The van der Waals surface area contributed by atoms with Gasteiger partial charge in [-0.05, 0) is 24.3 Å². The fourth-order valence-electron chi connectivity index (χ4n) is 1.99. The average molecular weight is 392 g/mol. The number of carbonyl (C=O) groups is 3. The lowest BCUT2D eigenvalue weighted by Gasteiger charge is -2.08. The van der Waals surface area contributed by atoms with E-state index in [9.17, 15) is 24.5 Å². The molecule has 0 atom stereocenters. The Morgan fingerprint density at radius 1 is 1.11 bits per heavy atom. The molecule has 0 aliphatic rings. The van der Waals surface area contributed by atoms with Crippen molar-refractivity contribution >= 4 is 40.8 Å². The lowest BCUT2D eigenvalue weighted by molar-refractivity contribution is -0.383. The maximum absolute atomic E-state index is 11.8. The van der Waals surface area contributed by atoms with Crippen LogP contribution in [0.4, 0.5) is 11.4 Å². The number of rotatable bonds is 7. The first kappa shape index (κ1) is 19.9. The summed E-state index contributed by atoms with van der Waals surface area (Å²) in [6.07, 6.45) is 0. The lowest BCUT2D eigenvalue weighted by atomic mass is 10.2. The van der Waals surface area contributed by atoms with E-state index in [2.05, 4.69) is 10.6 Å². The third kappa shape index (κ3) is 6.08. The van der Waals surface area contributed by atoms with Crippen LogP contribution in [0.25, 0.3) is 0 Å². The molecule has 10 heteroatoms. The number of amides is 2. The van der Waals surface area contributed by atoms with Crippen molar-refractivity contribution in [2.75, 3.05) is 18.5 Å². The maximum atomic E-state index is 11.8. The summed E-state index contributed by atoms with van der Waals surface area (Å²) in [6, 6.07) is 11.9. The van der Waals surface area contributed by atoms with Gasteiger partial charge in [0.2, 0.25) is 0 Å². The second-order valence-corrected chi connectivity index (χ2v) is 5.61. The van der Waals surface area contributed by atoms with E-state index in [1.54, 1.807) is 30.3 Å². The van der Waals surface area contributed by atoms with Gasteiger partial charge in [0.25, 0.3) is 17.5 Å². The van der Waals surface area contributed by atoms with Crippen LogP contribution in [0.1, 0.15) is 10.4 Å². The highest BCUT2D eigenvalue weighted by molar-refractivity contribution is 6.31. The topological polar surface area (TPSA) is 128 Å². The molecule has 0 fully saturated rings. The fraction of sp³-hybridized carbons (Fsp3) is 0.118. The molecule has 2 amide bonds. The molecule has 0 aliphatic carbocycles. The molecule has 9 nitrogen and oxygen atoms in total. The summed E-state index contributed by atoms with van der Waals surface area (Å²) in [6.45, 7) is -1.11. The SMILES string of the molecule is O=C(COC(=O)CNC(=O)c1ccccc1)Nc1cc(Cl)ccc1[N+](=O)[O-]. The summed E-state index contributed by atoms with van der Waals surface area (Å²) in [5, 5.41) is 15.7. The Balaban J connectivity index is 1.82. The molecule has 0 radical (unpaired) electrons. The largest absolute Gasteiger partial charge is 0.454 e. The van der Waals surface area contributed by atoms with Crippen LogP contribution in [0.5, 0.6) is 0 Å². The number of carbonyl (C=O) groups excluding carboxylic acids is 3. The Bertz CT molecular complexity index is 872. The average Bonchev–Trinajstić information content (AvgIpc) is 2.65. The summed E-state index contributed by atoms with van der Waals surface area (Å²) >= 11 is 5.75. The van der Waals surface area contributed by atoms with Gasteiger partial charge in [0, 0.05) is 16.7 Å². The van der Waals surface area contributed by atoms with E-state index in [0.717, 1.165) is 6.07 Å². The molecule has 0 spiro atoms. The van der Waals surface area contributed by atoms with Gasteiger partial charge in [-0.25, -0.2) is 0 Å². The van der Waals surface area contributed by atoms with Gasteiger partial charge in [0.1, 0.15) is 12.2 Å². The minimum atomic E-state index is -0.838. The zero-order valence-electron chi connectivity index (χ0n) is 13.8. The minimum Gasteiger partial charge on any atom is -0.454 e. The Kier molecular flexibility index (Phi) is 6.84.